The molecule has 1 aromatic rings. The molecule has 0 unspecified atom stereocenters. The molecule has 1 fully saturated rings. The molecule has 3 nitrogen and oxygen atoms in total. The molecule has 1 aliphatic rings. The maximum atomic E-state index is 10.7. The first kappa shape index (κ1) is 14.6. The Morgan fingerprint density at radius 3 is 2.47 bits per heavy atom. The molecule has 2 rings (SSSR count). The summed E-state index contributed by atoms with van der Waals surface area (Å²) in [6, 6.07) is 0. The zero-order chi connectivity index (χ0) is 14.1. The van der Waals surface area contributed by atoms with Gasteiger partial charge in [0.2, 0.25) is 0 Å². The van der Waals surface area contributed by atoms with Crippen molar-refractivity contribution in [2.24, 2.45) is 18.4 Å². The minimum Gasteiger partial charge on any atom is -0.390 e. The zero-order valence-corrected chi connectivity index (χ0v) is 12.8. The van der Waals surface area contributed by atoms with Gasteiger partial charge >= 0.3 is 0 Å². The summed E-state index contributed by atoms with van der Waals surface area (Å²) in [7, 11) is 1.94. The first-order chi connectivity index (χ1) is 8.78. The number of aliphatic hydroxyl groups is 1. The monoisotopic (exact) mass is 264 g/mol. The van der Waals surface area contributed by atoms with Crippen LogP contribution in [0.4, 0.5) is 0 Å². The molecule has 0 amide bonds. The molecular formula is C16H28N2O. The molecule has 1 heterocycles. The van der Waals surface area contributed by atoms with Crippen molar-refractivity contribution >= 4 is 0 Å². The molecular weight excluding hydrogens is 236 g/mol. The van der Waals surface area contributed by atoms with Gasteiger partial charge in [0.1, 0.15) is 0 Å². The lowest BCUT2D eigenvalue weighted by atomic mass is 9.67. The summed E-state index contributed by atoms with van der Waals surface area (Å²) < 4.78 is 1.83. The first-order valence-corrected chi connectivity index (χ1v) is 7.48. The summed E-state index contributed by atoms with van der Waals surface area (Å²) in [4.78, 5) is 0. The molecule has 0 saturated heterocycles. The number of rotatable bonds is 3. The Balaban J connectivity index is 1.85. The molecule has 1 saturated carbocycles. The average Bonchev–Trinajstić information content (AvgIpc) is 2.72. The zero-order valence-electron chi connectivity index (χ0n) is 12.8. The molecule has 1 N–H and O–H groups in total. The van der Waals surface area contributed by atoms with Crippen molar-refractivity contribution < 1.29 is 5.11 Å². The van der Waals surface area contributed by atoms with E-state index in [0.717, 1.165) is 44.4 Å². The van der Waals surface area contributed by atoms with Crippen LogP contribution in [0.25, 0.3) is 0 Å². The van der Waals surface area contributed by atoms with Crippen LogP contribution in [0, 0.1) is 11.3 Å². The standard InChI is InChI=1S/C16H28N2O/c1-15(2,3)14-6-9-16(19,10-7-14)8-5-13-11-17-18(4)12-13/h11-12,14,19H,5-10H2,1-4H3. The van der Waals surface area contributed by atoms with E-state index in [1.54, 1.807) is 0 Å². The molecule has 0 bridgehead atoms. The van der Waals surface area contributed by atoms with E-state index in [1.807, 2.05) is 24.1 Å². The van der Waals surface area contributed by atoms with Crippen LogP contribution in [0.1, 0.15) is 58.4 Å². The number of nitrogens with zero attached hydrogens (tertiary/aromatic N) is 2. The third-order valence-electron chi connectivity index (χ3n) is 4.78. The van der Waals surface area contributed by atoms with Gasteiger partial charge in [0.25, 0.3) is 0 Å². The molecule has 1 aromatic heterocycles. The van der Waals surface area contributed by atoms with Gasteiger partial charge in [0.15, 0.2) is 0 Å². The average molecular weight is 264 g/mol. The van der Waals surface area contributed by atoms with Crippen LogP contribution >= 0.6 is 0 Å². The van der Waals surface area contributed by atoms with Crippen LogP contribution in [-0.2, 0) is 13.5 Å². The predicted octanol–water partition coefficient (Wildman–Crippen LogP) is 3.32. The Labute approximate surface area is 117 Å². The smallest absolute Gasteiger partial charge is 0.0651 e. The molecule has 0 radical (unpaired) electrons. The van der Waals surface area contributed by atoms with Crippen LogP contribution in [0.15, 0.2) is 12.4 Å². The lowest BCUT2D eigenvalue weighted by Crippen LogP contribution is -2.37. The summed E-state index contributed by atoms with van der Waals surface area (Å²) >= 11 is 0. The van der Waals surface area contributed by atoms with E-state index < -0.39 is 5.60 Å². The summed E-state index contributed by atoms with van der Waals surface area (Å²) in [5.41, 5.74) is 1.16. The highest BCUT2D eigenvalue weighted by Gasteiger charge is 2.36. The van der Waals surface area contributed by atoms with Gasteiger partial charge in [-0.25, -0.2) is 0 Å². The lowest BCUT2D eigenvalue weighted by Gasteiger charge is -2.41. The fourth-order valence-corrected chi connectivity index (χ4v) is 3.25. The van der Waals surface area contributed by atoms with Gasteiger partial charge in [0.05, 0.1) is 11.8 Å². The molecule has 0 spiro atoms. The highest BCUT2D eigenvalue weighted by atomic mass is 16.3. The fourth-order valence-electron chi connectivity index (χ4n) is 3.25. The highest BCUT2D eigenvalue weighted by Crippen LogP contribution is 2.42. The second-order valence-corrected chi connectivity index (χ2v) is 7.39. The molecule has 3 heteroatoms. The van der Waals surface area contributed by atoms with Gasteiger partial charge in [-0.3, -0.25) is 4.68 Å². The number of aromatic nitrogens is 2. The second-order valence-electron chi connectivity index (χ2n) is 7.39. The SMILES string of the molecule is Cn1cc(CCC2(O)CCC(C(C)(C)C)CC2)cn1. The normalized spacial score (nSPS) is 28.6. The number of aryl methyl sites for hydroxylation is 2. The third kappa shape index (κ3) is 3.82. The second kappa shape index (κ2) is 5.28. The maximum absolute atomic E-state index is 10.7. The Bertz CT molecular complexity index is 409. The highest BCUT2D eigenvalue weighted by molar-refractivity contribution is 5.05. The van der Waals surface area contributed by atoms with Gasteiger partial charge in [-0.2, -0.15) is 5.10 Å². The van der Waals surface area contributed by atoms with Crippen LogP contribution in [0.2, 0.25) is 0 Å². The summed E-state index contributed by atoms with van der Waals surface area (Å²) in [6.45, 7) is 6.95. The van der Waals surface area contributed by atoms with Crippen molar-refractivity contribution in [1.82, 2.24) is 9.78 Å². The van der Waals surface area contributed by atoms with Gasteiger partial charge in [0, 0.05) is 13.2 Å². The first-order valence-electron chi connectivity index (χ1n) is 7.48. The Kier molecular flexibility index (Phi) is 4.05. The van der Waals surface area contributed by atoms with Crippen LogP contribution < -0.4 is 0 Å². The summed E-state index contributed by atoms with van der Waals surface area (Å²) in [6.07, 6.45) is 9.98. The van der Waals surface area contributed by atoms with E-state index in [0.29, 0.717) is 5.41 Å². The Morgan fingerprint density at radius 1 is 1.37 bits per heavy atom. The van der Waals surface area contributed by atoms with Crippen LogP contribution in [0.5, 0.6) is 0 Å². The van der Waals surface area contributed by atoms with Crippen molar-refractivity contribution in [1.29, 1.82) is 0 Å². The number of hydrogen-bond acceptors (Lipinski definition) is 2. The fraction of sp³-hybridized carbons (Fsp3) is 0.812. The van der Waals surface area contributed by atoms with Crippen LogP contribution in [-0.4, -0.2) is 20.5 Å². The maximum Gasteiger partial charge on any atom is 0.0651 e. The van der Waals surface area contributed by atoms with Gasteiger partial charge in [-0.1, -0.05) is 20.8 Å². The van der Waals surface area contributed by atoms with Crippen molar-refractivity contribution in [2.45, 2.75) is 64.9 Å². The van der Waals surface area contributed by atoms with Crippen molar-refractivity contribution in [3.05, 3.63) is 18.0 Å². The molecule has 0 aromatic carbocycles. The quantitative estimate of drug-likeness (QED) is 0.909. The molecule has 0 atom stereocenters. The summed E-state index contributed by atoms with van der Waals surface area (Å²) in [5, 5.41) is 14.9. The van der Waals surface area contributed by atoms with Crippen molar-refractivity contribution in [2.75, 3.05) is 0 Å². The molecule has 1 aliphatic carbocycles. The Hall–Kier alpha value is -0.830. The topological polar surface area (TPSA) is 38.0 Å². The lowest BCUT2D eigenvalue weighted by molar-refractivity contribution is -0.0309. The van der Waals surface area contributed by atoms with Crippen LogP contribution in [0.3, 0.4) is 0 Å². The largest absolute Gasteiger partial charge is 0.390 e. The Morgan fingerprint density at radius 2 is 2.00 bits per heavy atom. The van der Waals surface area contributed by atoms with Gasteiger partial charge < -0.3 is 5.11 Å². The van der Waals surface area contributed by atoms with E-state index in [9.17, 15) is 5.11 Å². The van der Waals surface area contributed by atoms with Crippen molar-refractivity contribution in [3.63, 3.8) is 0 Å². The third-order valence-corrected chi connectivity index (χ3v) is 4.78. The minimum atomic E-state index is -0.447. The predicted molar refractivity (Wildman–Crippen MR) is 77.9 cm³/mol. The van der Waals surface area contributed by atoms with E-state index in [2.05, 4.69) is 25.9 Å². The summed E-state index contributed by atoms with van der Waals surface area (Å²) in [5.74, 6) is 0.756. The van der Waals surface area contributed by atoms with Crippen molar-refractivity contribution in [3.8, 4) is 0 Å². The molecule has 19 heavy (non-hydrogen) atoms. The van der Waals surface area contributed by atoms with Gasteiger partial charge in [-0.15, -0.1) is 0 Å². The van der Waals surface area contributed by atoms with E-state index in [1.165, 1.54) is 5.56 Å². The minimum absolute atomic E-state index is 0.380. The van der Waals surface area contributed by atoms with Gasteiger partial charge in [-0.05, 0) is 55.4 Å². The van der Waals surface area contributed by atoms with E-state index in [4.69, 9.17) is 0 Å². The number of hydrogen-bond donors (Lipinski definition) is 1. The molecule has 108 valence electrons. The van der Waals surface area contributed by atoms with E-state index in [-0.39, 0.29) is 0 Å². The van der Waals surface area contributed by atoms with E-state index >= 15 is 0 Å². The molecule has 0 aliphatic heterocycles.